The van der Waals surface area contributed by atoms with Crippen LogP contribution >= 0.6 is 7.82 Å². The maximum Gasteiger partial charge on any atom is 0.472 e. The number of hydrogen-bond donors (Lipinski definition) is 6. The third-order valence-corrected chi connectivity index (χ3v) is 7.54. The average Bonchev–Trinajstić information content (AvgIpc) is 2.96. The van der Waals surface area contributed by atoms with E-state index in [2.05, 4.69) is 43.4 Å². The zero-order valence-corrected chi connectivity index (χ0v) is 25.9. The van der Waals surface area contributed by atoms with Crippen molar-refractivity contribution < 1.29 is 63.1 Å². The van der Waals surface area contributed by atoms with Gasteiger partial charge >= 0.3 is 19.8 Å². The maximum absolute atomic E-state index is 12.4. The van der Waals surface area contributed by atoms with E-state index in [-0.39, 0.29) is 6.42 Å². The Hall–Kier alpha value is -1.93. The lowest BCUT2D eigenvalue weighted by Crippen LogP contribution is -2.64. The molecule has 248 valence electrons. The molecule has 0 heterocycles. The molecular weight excluding hydrogens is 587 g/mol. The highest BCUT2D eigenvalue weighted by Crippen LogP contribution is 2.47. The van der Waals surface area contributed by atoms with Crippen LogP contribution in [-0.2, 0) is 32.7 Å². The van der Waals surface area contributed by atoms with Crippen molar-refractivity contribution in [2.24, 2.45) is 0 Å². The van der Waals surface area contributed by atoms with Gasteiger partial charge in [0.2, 0.25) is 0 Å². The van der Waals surface area contributed by atoms with Gasteiger partial charge in [0.25, 0.3) is 0 Å². The summed E-state index contributed by atoms with van der Waals surface area (Å²) in [5.74, 6) is -1.32. The normalized spacial score (nSPS) is 26.6. The lowest BCUT2D eigenvalue weighted by atomic mass is 9.85. The number of carbonyl (C=O) groups is 2. The molecule has 1 aliphatic rings. The third kappa shape index (κ3) is 16.6. The topological polar surface area (TPSA) is 210 Å². The summed E-state index contributed by atoms with van der Waals surface area (Å²) in [6.45, 7) is 2.01. The number of hydrogen-bond acceptors (Lipinski definition) is 12. The Morgan fingerprint density at radius 1 is 0.767 bits per heavy atom. The largest absolute Gasteiger partial charge is 0.472 e. The third-order valence-electron chi connectivity index (χ3n) is 6.55. The second-order valence-corrected chi connectivity index (χ2v) is 11.7. The first-order chi connectivity index (χ1) is 20.4. The van der Waals surface area contributed by atoms with Crippen LogP contribution in [0.25, 0.3) is 0 Å². The molecule has 0 aliphatic heterocycles. The van der Waals surface area contributed by atoms with Crippen LogP contribution in [0.2, 0.25) is 0 Å². The van der Waals surface area contributed by atoms with E-state index in [1.165, 1.54) is 0 Å². The molecule has 6 unspecified atom stereocenters. The van der Waals surface area contributed by atoms with Crippen LogP contribution < -0.4 is 0 Å². The molecule has 1 aliphatic carbocycles. The van der Waals surface area contributed by atoms with Gasteiger partial charge in [0.1, 0.15) is 43.2 Å². The molecule has 0 aromatic heterocycles. The molecule has 0 aromatic rings. The number of phosphoric acid groups is 1. The summed E-state index contributed by atoms with van der Waals surface area (Å²) in [7, 11) is -5.07. The summed E-state index contributed by atoms with van der Waals surface area (Å²) in [4.78, 5) is 33.6. The molecule has 0 radical (unpaired) electrons. The first-order valence-electron chi connectivity index (χ1n) is 14.7. The zero-order chi connectivity index (χ0) is 32.3. The van der Waals surface area contributed by atoms with Crippen LogP contribution in [0.15, 0.2) is 36.5 Å². The number of aliphatic hydroxyl groups is 5. The highest BCUT2D eigenvalue weighted by Gasteiger charge is 2.51. The van der Waals surface area contributed by atoms with Crippen LogP contribution in [0.1, 0.15) is 78.1 Å². The number of allylic oxidation sites excluding steroid dienone is 6. The SMILES string of the molecule is CC/C=C\C/C=C\C/C=C\CCCCCCCC(=O)OC(COC(C)=O)COP(=O)(O)OC1C(O)C(O)C(O)C(O)C1O. The van der Waals surface area contributed by atoms with Crippen molar-refractivity contribution in [1.82, 2.24) is 0 Å². The van der Waals surface area contributed by atoms with Gasteiger partial charge in [-0.3, -0.25) is 18.6 Å². The first-order valence-corrected chi connectivity index (χ1v) is 16.2. The maximum atomic E-state index is 12.4. The predicted molar refractivity (Wildman–Crippen MR) is 156 cm³/mol. The Balaban J connectivity index is 2.39. The van der Waals surface area contributed by atoms with Crippen LogP contribution in [0, 0.1) is 0 Å². The Morgan fingerprint density at radius 3 is 1.91 bits per heavy atom. The molecule has 43 heavy (non-hydrogen) atoms. The molecule has 13 nitrogen and oxygen atoms in total. The second kappa shape index (κ2) is 21.7. The number of esters is 2. The highest BCUT2D eigenvalue weighted by molar-refractivity contribution is 7.47. The minimum atomic E-state index is -5.07. The molecule has 14 heteroatoms. The van der Waals surface area contributed by atoms with Gasteiger partial charge in [-0.05, 0) is 38.5 Å². The minimum absolute atomic E-state index is 0.0715. The highest BCUT2D eigenvalue weighted by atomic mass is 31.2. The van der Waals surface area contributed by atoms with Gasteiger partial charge in [-0.2, -0.15) is 0 Å². The number of phosphoric ester groups is 1. The van der Waals surface area contributed by atoms with E-state index in [0.29, 0.717) is 6.42 Å². The summed E-state index contributed by atoms with van der Waals surface area (Å²) >= 11 is 0. The smallest absolute Gasteiger partial charge is 0.462 e. The van der Waals surface area contributed by atoms with Crippen molar-refractivity contribution in [2.75, 3.05) is 13.2 Å². The zero-order valence-electron chi connectivity index (χ0n) is 25.0. The quantitative estimate of drug-likeness (QED) is 0.0463. The van der Waals surface area contributed by atoms with Crippen LogP contribution in [0.5, 0.6) is 0 Å². The molecule has 0 bridgehead atoms. The van der Waals surface area contributed by atoms with E-state index in [1.54, 1.807) is 0 Å². The Labute approximate surface area is 253 Å². The van der Waals surface area contributed by atoms with E-state index < -0.39 is 75.7 Å². The van der Waals surface area contributed by atoms with E-state index >= 15 is 0 Å². The van der Waals surface area contributed by atoms with Gasteiger partial charge in [0, 0.05) is 13.3 Å². The van der Waals surface area contributed by atoms with Crippen LogP contribution in [0.3, 0.4) is 0 Å². The molecule has 0 saturated heterocycles. The lowest BCUT2D eigenvalue weighted by Gasteiger charge is -2.41. The fraction of sp³-hybridized carbons (Fsp3) is 0.724. The van der Waals surface area contributed by atoms with E-state index in [0.717, 1.165) is 58.3 Å². The molecule has 0 amide bonds. The molecular formula is C29H49O13P. The molecule has 6 atom stereocenters. The van der Waals surface area contributed by atoms with Crippen LogP contribution in [0.4, 0.5) is 0 Å². The summed E-state index contributed by atoms with van der Waals surface area (Å²) in [5, 5.41) is 49.2. The summed E-state index contributed by atoms with van der Waals surface area (Å²) in [5.41, 5.74) is 0. The van der Waals surface area contributed by atoms with Crippen molar-refractivity contribution in [2.45, 2.75) is 121 Å². The van der Waals surface area contributed by atoms with Crippen LogP contribution in [-0.4, -0.2) is 98.3 Å². The van der Waals surface area contributed by atoms with E-state index in [1.807, 2.05) is 0 Å². The predicted octanol–water partition coefficient (Wildman–Crippen LogP) is 2.37. The summed E-state index contributed by atoms with van der Waals surface area (Å²) in [6.07, 6.45) is 8.05. The molecule has 6 N–H and O–H groups in total. The molecule has 1 saturated carbocycles. The van der Waals surface area contributed by atoms with Gasteiger partial charge in [0.15, 0.2) is 6.10 Å². The van der Waals surface area contributed by atoms with Gasteiger partial charge in [-0.25, -0.2) is 4.57 Å². The minimum Gasteiger partial charge on any atom is -0.462 e. The second-order valence-electron chi connectivity index (χ2n) is 10.3. The first kappa shape index (κ1) is 39.1. The molecule has 1 fully saturated rings. The average molecular weight is 637 g/mol. The summed E-state index contributed by atoms with van der Waals surface area (Å²) in [6, 6.07) is 0. The van der Waals surface area contributed by atoms with Crippen molar-refractivity contribution in [1.29, 1.82) is 0 Å². The number of unbranched alkanes of at least 4 members (excludes halogenated alkanes) is 5. The standard InChI is InChI=1S/C29H49O13P/c1-3-4-5-6-7-8-9-10-11-12-13-14-15-16-17-18-23(31)41-22(19-39-21(2)30)20-40-43(37,38)42-29-27(35)25(33)24(32)26(34)28(29)36/h4-5,7-8,10-11,22,24-29,32-36H,3,6,9,12-20H2,1-2H3,(H,37,38)/b5-4-,8-7-,11-10-. The number of carbonyl (C=O) groups excluding carboxylic acids is 2. The van der Waals surface area contributed by atoms with Crippen molar-refractivity contribution in [3.05, 3.63) is 36.5 Å². The summed E-state index contributed by atoms with van der Waals surface area (Å²) < 4.78 is 32.0. The van der Waals surface area contributed by atoms with Gasteiger partial charge in [-0.15, -0.1) is 0 Å². The number of aliphatic hydroxyl groups excluding tert-OH is 5. The fourth-order valence-corrected chi connectivity index (χ4v) is 5.12. The number of ether oxygens (including phenoxy) is 2. The fourth-order valence-electron chi connectivity index (χ4n) is 4.14. The Morgan fingerprint density at radius 2 is 1.30 bits per heavy atom. The molecule has 1 rings (SSSR count). The number of rotatable bonds is 21. The van der Waals surface area contributed by atoms with Crippen molar-refractivity contribution in [3.63, 3.8) is 0 Å². The van der Waals surface area contributed by atoms with Gasteiger partial charge < -0.3 is 39.9 Å². The monoisotopic (exact) mass is 636 g/mol. The van der Waals surface area contributed by atoms with E-state index in [9.17, 15) is 44.6 Å². The Kier molecular flexibility index (Phi) is 19.7. The van der Waals surface area contributed by atoms with E-state index in [4.69, 9.17) is 18.5 Å². The van der Waals surface area contributed by atoms with Crippen molar-refractivity contribution >= 4 is 19.8 Å². The Bertz CT molecular complexity index is 921. The molecule has 0 spiro atoms. The van der Waals surface area contributed by atoms with Gasteiger partial charge in [0.05, 0.1) is 6.61 Å². The lowest BCUT2D eigenvalue weighted by molar-refractivity contribution is -0.220. The van der Waals surface area contributed by atoms with Gasteiger partial charge in [-0.1, -0.05) is 62.6 Å². The molecule has 0 aromatic carbocycles. The van der Waals surface area contributed by atoms with Crippen molar-refractivity contribution in [3.8, 4) is 0 Å².